The summed E-state index contributed by atoms with van der Waals surface area (Å²) < 4.78 is 0.954. The van der Waals surface area contributed by atoms with Crippen LogP contribution in [-0.2, 0) is 0 Å². The smallest absolute Gasteiger partial charge is 0.335 e. The number of carbonyl (C=O) groups excluding carboxylic acids is 1. The number of carbonyl (C=O) groups is 2. The summed E-state index contributed by atoms with van der Waals surface area (Å²) in [6.45, 7) is 1.82. The monoisotopic (exact) mass is 381 g/mol. The number of phenolic OH excluding ortho intramolecular Hbond substituents is 1. The number of hydrogen-bond acceptors (Lipinski definition) is 6. The molecule has 3 rings (SSSR count). The second kappa shape index (κ2) is 7.23. The molecule has 142 valence electrons. The summed E-state index contributed by atoms with van der Waals surface area (Å²) in [6, 6.07) is 11.0. The molecular formula is C19H15N3O6. The van der Waals surface area contributed by atoms with Gasteiger partial charge in [0.25, 0.3) is 11.5 Å². The number of nitrogens with one attached hydrogen (secondary N) is 1. The van der Waals surface area contributed by atoms with Crippen LogP contribution >= 0.6 is 0 Å². The first-order valence-corrected chi connectivity index (χ1v) is 8.04. The third-order valence-electron chi connectivity index (χ3n) is 3.86. The molecule has 2 aromatic carbocycles. The highest BCUT2D eigenvalue weighted by Gasteiger charge is 2.19. The van der Waals surface area contributed by atoms with Crippen LogP contribution in [0.3, 0.4) is 0 Å². The van der Waals surface area contributed by atoms with Crippen LogP contribution in [0.15, 0.2) is 53.3 Å². The molecule has 9 nitrogen and oxygen atoms in total. The molecule has 1 heterocycles. The standard InChI is InChI=1S/C19H15N3O6/c1-10-3-2-4-12(7-10)22-16(25)9-15(24)17(21-22)18(26)20-13-8-11(19(27)28)5-6-14(13)23/h2-9,23-24H,1H3,(H,20,26)(H,27,28). The SMILES string of the molecule is Cc1cccc(-n2nc(C(=O)Nc3cc(C(=O)O)ccc3O)c(O)cc2=O)c1. The highest BCUT2D eigenvalue weighted by molar-refractivity contribution is 6.05. The van der Waals surface area contributed by atoms with Gasteiger partial charge in [-0.3, -0.25) is 9.59 Å². The Morgan fingerprint density at radius 1 is 1.04 bits per heavy atom. The molecule has 1 amide bonds. The molecule has 0 radical (unpaired) electrons. The highest BCUT2D eigenvalue weighted by Crippen LogP contribution is 2.25. The van der Waals surface area contributed by atoms with Crippen molar-refractivity contribution in [3.05, 3.63) is 75.7 Å². The van der Waals surface area contributed by atoms with Gasteiger partial charge in [-0.25, -0.2) is 4.79 Å². The number of aromatic hydroxyl groups is 2. The first kappa shape index (κ1) is 18.6. The largest absolute Gasteiger partial charge is 0.506 e. The Balaban J connectivity index is 2.01. The lowest BCUT2D eigenvalue weighted by atomic mass is 10.2. The van der Waals surface area contributed by atoms with Gasteiger partial charge < -0.3 is 20.6 Å². The Kier molecular flexibility index (Phi) is 4.82. The molecule has 0 aliphatic carbocycles. The Morgan fingerprint density at radius 3 is 2.46 bits per heavy atom. The second-order valence-electron chi connectivity index (χ2n) is 5.96. The maximum absolute atomic E-state index is 12.5. The molecule has 4 N–H and O–H groups in total. The van der Waals surface area contributed by atoms with E-state index in [-0.39, 0.29) is 17.0 Å². The molecule has 0 atom stereocenters. The molecule has 0 fully saturated rings. The quantitative estimate of drug-likeness (QED) is 0.506. The molecule has 9 heteroatoms. The predicted octanol–water partition coefficient (Wildman–Crippen LogP) is 1.90. The van der Waals surface area contributed by atoms with Crippen LogP contribution in [0.1, 0.15) is 26.4 Å². The number of amides is 1. The van der Waals surface area contributed by atoms with Crippen molar-refractivity contribution in [3.63, 3.8) is 0 Å². The molecule has 0 unspecified atom stereocenters. The lowest BCUT2D eigenvalue weighted by Crippen LogP contribution is -2.25. The Bertz CT molecular complexity index is 1150. The lowest BCUT2D eigenvalue weighted by molar-refractivity contribution is 0.0696. The molecular weight excluding hydrogens is 366 g/mol. The van der Waals surface area contributed by atoms with Crippen molar-refractivity contribution in [1.29, 1.82) is 0 Å². The van der Waals surface area contributed by atoms with Gasteiger partial charge in [0.05, 0.1) is 16.9 Å². The molecule has 0 bridgehead atoms. The summed E-state index contributed by atoms with van der Waals surface area (Å²) >= 11 is 0. The lowest BCUT2D eigenvalue weighted by Gasteiger charge is -2.11. The van der Waals surface area contributed by atoms with Crippen LogP contribution in [0.5, 0.6) is 11.5 Å². The van der Waals surface area contributed by atoms with Gasteiger partial charge in [-0.2, -0.15) is 9.78 Å². The van der Waals surface area contributed by atoms with Crippen LogP contribution < -0.4 is 10.9 Å². The second-order valence-corrected chi connectivity index (χ2v) is 5.96. The number of aromatic carboxylic acids is 1. The number of phenols is 1. The van der Waals surface area contributed by atoms with Crippen LogP contribution in [-0.4, -0.2) is 37.0 Å². The zero-order valence-electron chi connectivity index (χ0n) is 14.6. The van der Waals surface area contributed by atoms with E-state index in [1.165, 1.54) is 6.07 Å². The van der Waals surface area contributed by atoms with Gasteiger partial charge in [0.1, 0.15) is 5.75 Å². The number of nitrogens with zero attached hydrogens (tertiary/aromatic N) is 2. The number of benzene rings is 2. The van der Waals surface area contributed by atoms with E-state index in [4.69, 9.17) is 5.11 Å². The van der Waals surface area contributed by atoms with E-state index < -0.39 is 28.9 Å². The van der Waals surface area contributed by atoms with Crippen LogP contribution in [0.25, 0.3) is 5.69 Å². The van der Waals surface area contributed by atoms with Crippen LogP contribution in [0, 0.1) is 6.92 Å². The van der Waals surface area contributed by atoms with Crippen molar-refractivity contribution in [3.8, 4) is 17.2 Å². The van der Waals surface area contributed by atoms with Gasteiger partial charge in [0, 0.05) is 6.07 Å². The van der Waals surface area contributed by atoms with Gasteiger partial charge in [0.15, 0.2) is 11.4 Å². The first-order valence-electron chi connectivity index (χ1n) is 8.04. The summed E-state index contributed by atoms with van der Waals surface area (Å²) in [7, 11) is 0. The van der Waals surface area contributed by atoms with Gasteiger partial charge in [-0.05, 0) is 42.8 Å². The van der Waals surface area contributed by atoms with E-state index in [0.717, 1.165) is 28.4 Å². The third-order valence-corrected chi connectivity index (χ3v) is 3.86. The fourth-order valence-electron chi connectivity index (χ4n) is 2.50. The van der Waals surface area contributed by atoms with E-state index in [1.807, 2.05) is 13.0 Å². The van der Waals surface area contributed by atoms with E-state index in [0.29, 0.717) is 5.69 Å². The topological polar surface area (TPSA) is 142 Å². The third kappa shape index (κ3) is 3.68. The minimum Gasteiger partial charge on any atom is -0.506 e. The van der Waals surface area contributed by atoms with Gasteiger partial charge in [-0.1, -0.05) is 12.1 Å². The molecule has 1 aromatic heterocycles. The molecule has 3 aromatic rings. The molecule has 0 aliphatic heterocycles. The minimum atomic E-state index is -1.25. The summed E-state index contributed by atoms with van der Waals surface area (Å²) in [5, 5.41) is 35.0. The minimum absolute atomic E-state index is 0.157. The Labute approximate surface area is 158 Å². The molecule has 0 saturated carbocycles. The van der Waals surface area contributed by atoms with E-state index in [9.17, 15) is 24.6 Å². The molecule has 28 heavy (non-hydrogen) atoms. The van der Waals surface area contributed by atoms with Crippen molar-refractivity contribution in [2.45, 2.75) is 6.92 Å². The van der Waals surface area contributed by atoms with E-state index in [2.05, 4.69) is 10.4 Å². The highest BCUT2D eigenvalue weighted by atomic mass is 16.4. The number of rotatable bonds is 4. The van der Waals surface area contributed by atoms with Crippen molar-refractivity contribution < 1.29 is 24.9 Å². The van der Waals surface area contributed by atoms with Crippen molar-refractivity contribution in [2.75, 3.05) is 5.32 Å². The number of anilines is 1. The number of aryl methyl sites for hydroxylation is 1. The summed E-state index contributed by atoms with van der Waals surface area (Å²) in [5.74, 6) is -3.20. The average Bonchev–Trinajstić information content (AvgIpc) is 2.63. The van der Waals surface area contributed by atoms with Crippen LogP contribution in [0.2, 0.25) is 0 Å². The Hall–Kier alpha value is -4.14. The molecule has 0 saturated heterocycles. The average molecular weight is 381 g/mol. The zero-order valence-corrected chi connectivity index (χ0v) is 14.6. The van der Waals surface area contributed by atoms with Gasteiger partial charge in [0.2, 0.25) is 0 Å². The molecule has 0 spiro atoms. The Morgan fingerprint density at radius 2 is 1.79 bits per heavy atom. The first-order chi connectivity index (χ1) is 13.3. The van der Waals surface area contributed by atoms with Gasteiger partial charge in [-0.15, -0.1) is 0 Å². The fourth-order valence-corrected chi connectivity index (χ4v) is 2.50. The van der Waals surface area contributed by atoms with Crippen LogP contribution in [0.4, 0.5) is 5.69 Å². The van der Waals surface area contributed by atoms with Crippen molar-refractivity contribution in [1.82, 2.24) is 9.78 Å². The summed E-state index contributed by atoms with van der Waals surface area (Å²) in [6.07, 6.45) is 0. The number of carboxylic acid groups (broad SMARTS) is 1. The van der Waals surface area contributed by atoms with E-state index in [1.54, 1.807) is 18.2 Å². The number of hydrogen-bond donors (Lipinski definition) is 4. The maximum Gasteiger partial charge on any atom is 0.335 e. The number of carboxylic acids is 1. The zero-order chi connectivity index (χ0) is 20.4. The number of aromatic nitrogens is 2. The summed E-state index contributed by atoms with van der Waals surface area (Å²) in [4.78, 5) is 35.7. The van der Waals surface area contributed by atoms with E-state index >= 15 is 0 Å². The maximum atomic E-state index is 12.5. The molecule has 0 aliphatic rings. The van der Waals surface area contributed by atoms with Crippen molar-refractivity contribution in [2.24, 2.45) is 0 Å². The van der Waals surface area contributed by atoms with Gasteiger partial charge >= 0.3 is 5.97 Å². The normalized spacial score (nSPS) is 10.5. The fraction of sp³-hybridized carbons (Fsp3) is 0.0526. The summed E-state index contributed by atoms with van der Waals surface area (Å²) in [5.41, 5.74) is -0.193. The van der Waals surface area contributed by atoms with Crippen molar-refractivity contribution >= 4 is 17.6 Å². The predicted molar refractivity (Wildman–Crippen MR) is 99.3 cm³/mol.